The number of anilines is 1. The van der Waals surface area contributed by atoms with E-state index in [9.17, 15) is 9.59 Å². The van der Waals surface area contributed by atoms with Crippen molar-refractivity contribution in [2.24, 2.45) is 5.92 Å². The SMILES string of the molecule is COc1cc(N)c(Cl)cc1C(=O)NCC1CN(C(C)CCCC(=O)OC2CN3CCC2CC3)CCO1. The van der Waals surface area contributed by atoms with Crippen molar-refractivity contribution in [3.8, 4) is 5.75 Å². The first kappa shape index (κ1) is 27.0. The molecule has 10 heteroatoms. The number of benzene rings is 1. The number of nitrogen functional groups attached to an aromatic ring is 1. The third-order valence-corrected chi connectivity index (χ3v) is 8.06. The van der Waals surface area contributed by atoms with Crippen LogP contribution in [0, 0.1) is 5.92 Å². The van der Waals surface area contributed by atoms with Crippen molar-refractivity contribution in [2.75, 3.05) is 58.7 Å². The second-order valence-electron chi connectivity index (χ2n) is 10.2. The number of hydrogen-bond acceptors (Lipinski definition) is 8. The molecule has 1 amide bonds. The maximum Gasteiger partial charge on any atom is 0.306 e. The molecule has 1 aromatic rings. The summed E-state index contributed by atoms with van der Waals surface area (Å²) in [5, 5.41) is 3.23. The number of methoxy groups -OCH3 is 1. The van der Waals surface area contributed by atoms with Crippen molar-refractivity contribution < 1.29 is 23.8 Å². The minimum absolute atomic E-state index is 0.0679. The van der Waals surface area contributed by atoms with Crippen molar-refractivity contribution in [3.05, 3.63) is 22.7 Å². The van der Waals surface area contributed by atoms with Crippen molar-refractivity contribution in [1.82, 2.24) is 15.1 Å². The molecule has 3 N–H and O–H groups in total. The van der Waals surface area contributed by atoms with E-state index in [0.717, 1.165) is 51.9 Å². The molecule has 4 heterocycles. The highest BCUT2D eigenvalue weighted by Crippen LogP contribution is 2.30. The number of carbonyl (C=O) groups is 2. The van der Waals surface area contributed by atoms with E-state index in [1.54, 1.807) is 6.07 Å². The summed E-state index contributed by atoms with van der Waals surface area (Å²) < 4.78 is 17.0. The van der Waals surface area contributed by atoms with Crippen molar-refractivity contribution >= 4 is 29.2 Å². The van der Waals surface area contributed by atoms with E-state index in [0.29, 0.717) is 60.1 Å². The van der Waals surface area contributed by atoms with E-state index < -0.39 is 0 Å². The fourth-order valence-electron chi connectivity index (χ4n) is 5.48. The highest BCUT2D eigenvalue weighted by molar-refractivity contribution is 6.33. The molecule has 3 unspecified atom stereocenters. The van der Waals surface area contributed by atoms with Crippen LogP contribution < -0.4 is 15.8 Å². The molecule has 0 saturated carbocycles. The Morgan fingerprint density at radius 2 is 2.03 bits per heavy atom. The van der Waals surface area contributed by atoms with E-state index in [1.165, 1.54) is 13.2 Å². The van der Waals surface area contributed by atoms with Gasteiger partial charge in [-0.1, -0.05) is 11.6 Å². The van der Waals surface area contributed by atoms with Gasteiger partial charge in [0.05, 0.1) is 36.1 Å². The molecule has 5 rings (SSSR count). The molecule has 0 aliphatic carbocycles. The molecule has 4 aliphatic heterocycles. The molecule has 4 fully saturated rings. The van der Waals surface area contributed by atoms with Crippen molar-refractivity contribution in [1.29, 1.82) is 0 Å². The molecule has 0 spiro atoms. The molecule has 3 atom stereocenters. The van der Waals surface area contributed by atoms with E-state index in [4.69, 9.17) is 31.5 Å². The molecular weight excluding hydrogens is 484 g/mol. The van der Waals surface area contributed by atoms with Crippen LogP contribution in [0.5, 0.6) is 5.75 Å². The quantitative estimate of drug-likeness (QED) is 0.357. The predicted molar refractivity (Wildman–Crippen MR) is 138 cm³/mol. The second-order valence-corrected chi connectivity index (χ2v) is 10.6. The number of amides is 1. The average molecular weight is 523 g/mol. The zero-order chi connectivity index (χ0) is 25.7. The summed E-state index contributed by atoms with van der Waals surface area (Å²) in [5.41, 5.74) is 6.50. The number of morpholine rings is 1. The van der Waals surface area contributed by atoms with Gasteiger partial charge >= 0.3 is 5.97 Å². The van der Waals surface area contributed by atoms with Crippen LogP contribution in [0.15, 0.2) is 12.1 Å². The van der Waals surface area contributed by atoms with Crippen LogP contribution in [0.25, 0.3) is 0 Å². The number of esters is 1. The van der Waals surface area contributed by atoms with Crippen LogP contribution in [0.3, 0.4) is 0 Å². The van der Waals surface area contributed by atoms with Crippen LogP contribution in [-0.2, 0) is 14.3 Å². The molecule has 200 valence electrons. The fourth-order valence-corrected chi connectivity index (χ4v) is 5.64. The van der Waals surface area contributed by atoms with Gasteiger partial charge in [0.2, 0.25) is 0 Å². The van der Waals surface area contributed by atoms with Gasteiger partial charge in [-0.15, -0.1) is 0 Å². The minimum atomic E-state index is -0.288. The minimum Gasteiger partial charge on any atom is -0.496 e. The molecule has 0 aromatic heterocycles. The smallest absolute Gasteiger partial charge is 0.306 e. The maximum atomic E-state index is 12.7. The monoisotopic (exact) mass is 522 g/mol. The van der Waals surface area contributed by atoms with Crippen molar-refractivity contribution in [2.45, 2.75) is 57.3 Å². The summed E-state index contributed by atoms with van der Waals surface area (Å²) in [6.07, 6.45) is 4.43. The van der Waals surface area contributed by atoms with E-state index >= 15 is 0 Å². The molecule has 2 bridgehead atoms. The van der Waals surface area contributed by atoms with Gasteiger partial charge in [0.1, 0.15) is 11.9 Å². The number of piperidine rings is 3. The topological polar surface area (TPSA) is 106 Å². The number of hydrogen-bond donors (Lipinski definition) is 2. The summed E-state index contributed by atoms with van der Waals surface area (Å²) in [7, 11) is 1.49. The van der Waals surface area contributed by atoms with Crippen LogP contribution in [0.2, 0.25) is 5.02 Å². The Morgan fingerprint density at radius 3 is 2.72 bits per heavy atom. The van der Waals surface area contributed by atoms with Gasteiger partial charge in [0, 0.05) is 44.7 Å². The highest BCUT2D eigenvalue weighted by atomic mass is 35.5. The molecule has 4 saturated heterocycles. The second kappa shape index (κ2) is 12.4. The number of fused-ring (bicyclic) bond motifs is 3. The third kappa shape index (κ3) is 6.82. The van der Waals surface area contributed by atoms with Crippen molar-refractivity contribution in [3.63, 3.8) is 0 Å². The zero-order valence-corrected chi connectivity index (χ0v) is 22.1. The van der Waals surface area contributed by atoms with Gasteiger partial charge in [-0.25, -0.2) is 0 Å². The lowest BCUT2D eigenvalue weighted by Crippen LogP contribution is -2.52. The Morgan fingerprint density at radius 1 is 1.25 bits per heavy atom. The molecule has 9 nitrogen and oxygen atoms in total. The molecule has 1 aromatic carbocycles. The Kier molecular flexibility index (Phi) is 9.33. The summed E-state index contributed by atoms with van der Waals surface area (Å²) in [4.78, 5) is 29.9. The normalized spacial score (nSPS) is 26.9. The lowest BCUT2D eigenvalue weighted by atomic mass is 9.86. The van der Waals surface area contributed by atoms with E-state index in [2.05, 4.69) is 22.0 Å². The number of nitrogens with zero attached hydrogens (tertiary/aromatic N) is 2. The average Bonchev–Trinajstić information content (AvgIpc) is 2.89. The molecule has 0 radical (unpaired) electrons. The summed E-state index contributed by atoms with van der Waals surface area (Å²) in [6, 6.07) is 3.38. The molecular formula is C26H39ClN4O5. The third-order valence-electron chi connectivity index (χ3n) is 7.73. The number of rotatable bonds is 10. The lowest BCUT2D eigenvalue weighted by molar-refractivity contribution is -0.159. The highest BCUT2D eigenvalue weighted by Gasteiger charge is 2.36. The van der Waals surface area contributed by atoms with Gasteiger partial charge in [0.15, 0.2) is 0 Å². The molecule has 36 heavy (non-hydrogen) atoms. The number of nitrogens with one attached hydrogen (secondary N) is 1. The first-order chi connectivity index (χ1) is 17.3. The van der Waals surface area contributed by atoms with Crippen LogP contribution in [-0.4, -0.2) is 92.9 Å². The maximum absolute atomic E-state index is 12.7. The number of carbonyl (C=O) groups excluding carboxylic acids is 2. The van der Waals surface area contributed by atoms with Crippen LogP contribution in [0.1, 0.15) is 49.4 Å². The summed E-state index contributed by atoms with van der Waals surface area (Å²) >= 11 is 6.09. The Bertz CT molecular complexity index is 924. The lowest BCUT2D eigenvalue weighted by Gasteiger charge is -2.43. The molecule has 4 aliphatic rings. The number of nitrogens with two attached hydrogens (primary N) is 1. The predicted octanol–water partition coefficient (Wildman–Crippen LogP) is 2.56. The first-order valence-electron chi connectivity index (χ1n) is 13.0. The van der Waals surface area contributed by atoms with Gasteiger partial charge in [-0.3, -0.25) is 19.4 Å². The Labute approximate surface area is 218 Å². The van der Waals surface area contributed by atoms with Gasteiger partial charge < -0.3 is 25.3 Å². The standard InChI is InChI=1S/C26H39ClN4O5/c1-17(4-3-5-25(32)36-24-16-30-8-6-18(24)7-9-30)31-10-11-35-19(15-31)14-29-26(33)20-12-21(27)22(28)13-23(20)34-2/h12-13,17-19,24H,3-11,14-16,28H2,1-2H3,(H,29,33). The Hall–Kier alpha value is -2.07. The number of ether oxygens (including phenoxy) is 3. The van der Waals surface area contributed by atoms with Gasteiger partial charge in [0.25, 0.3) is 5.91 Å². The van der Waals surface area contributed by atoms with Crippen LogP contribution in [0.4, 0.5) is 5.69 Å². The number of halogens is 1. The summed E-state index contributed by atoms with van der Waals surface area (Å²) in [5.74, 6) is 0.564. The largest absolute Gasteiger partial charge is 0.496 e. The van der Waals surface area contributed by atoms with E-state index in [-0.39, 0.29) is 24.1 Å². The first-order valence-corrected chi connectivity index (χ1v) is 13.4. The van der Waals surface area contributed by atoms with Gasteiger partial charge in [-0.2, -0.15) is 0 Å². The fraction of sp³-hybridized carbons (Fsp3) is 0.692. The van der Waals surface area contributed by atoms with E-state index in [1.807, 2.05) is 0 Å². The zero-order valence-electron chi connectivity index (χ0n) is 21.3. The van der Waals surface area contributed by atoms with Crippen LogP contribution >= 0.6 is 11.6 Å². The van der Waals surface area contributed by atoms with Gasteiger partial charge in [-0.05, 0) is 57.7 Å². The Balaban J connectivity index is 1.17. The summed E-state index contributed by atoms with van der Waals surface area (Å²) in [6.45, 7) is 7.89.